The summed E-state index contributed by atoms with van der Waals surface area (Å²) < 4.78 is 0. The summed E-state index contributed by atoms with van der Waals surface area (Å²) >= 11 is 0. The molecule has 1 heterocycles. The van der Waals surface area contributed by atoms with E-state index >= 15 is 0 Å². The Morgan fingerprint density at radius 1 is 1.10 bits per heavy atom. The summed E-state index contributed by atoms with van der Waals surface area (Å²) in [4.78, 5) is 34.7. The van der Waals surface area contributed by atoms with Gasteiger partial charge in [-0.15, -0.1) is 0 Å². The van der Waals surface area contributed by atoms with Gasteiger partial charge in [-0.25, -0.2) is 0 Å². The fourth-order valence-electron chi connectivity index (χ4n) is 2.12. The second-order valence-corrected chi connectivity index (χ2v) is 4.54. The van der Waals surface area contributed by atoms with Gasteiger partial charge in [0, 0.05) is 19.3 Å². The maximum Gasteiger partial charge on any atom is 0.303 e. The van der Waals surface area contributed by atoms with Gasteiger partial charge in [-0.1, -0.05) is 26.0 Å². The monoisotopic (exact) mass is 291 g/mol. The van der Waals surface area contributed by atoms with Gasteiger partial charge in [0.2, 0.25) is 11.8 Å². The van der Waals surface area contributed by atoms with Gasteiger partial charge in [-0.3, -0.25) is 19.3 Å². The lowest BCUT2D eigenvalue weighted by Crippen LogP contribution is -2.28. The zero-order chi connectivity index (χ0) is 15.8. The number of imide groups is 1. The Hall–Kier alpha value is -2.17. The Balaban J connectivity index is 0.00000106. The predicted molar refractivity (Wildman–Crippen MR) is 80.1 cm³/mol. The number of benzene rings is 1. The first-order chi connectivity index (χ1) is 10.1. The van der Waals surface area contributed by atoms with Crippen molar-refractivity contribution in [1.29, 1.82) is 0 Å². The summed E-state index contributed by atoms with van der Waals surface area (Å²) in [5.41, 5.74) is 1.60. The number of carboxylic acids is 1. The number of amides is 2. The van der Waals surface area contributed by atoms with Gasteiger partial charge in [0.15, 0.2) is 0 Å². The third kappa shape index (κ3) is 4.70. The van der Waals surface area contributed by atoms with Crippen molar-refractivity contribution in [3.05, 3.63) is 29.8 Å². The maximum atomic E-state index is 11.6. The van der Waals surface area contributed by atoms with E-state index in [9.17, 15) is 14.4 Å². The summed E-state index contributed by atoms with van der Waals surface area (Å²) in [6.45, 7) is 4.00. The van der Waals surface area contributed by atoms with E-state index in [0.29, 0.717) is 18.5 Å². The summed E-state index contributed by atoms with van der Waals surface area (Å²) in [5, 5.41) is 8.56. The molecule has 1 saturated heterocycles. The molecule has 0 atom stereocenters. The minimum atomic E-state index is -0.801. The summed E-state index contributed by atoms with van der Waals surface area (Å²) in [5.74, 6) is -1.13. The maximum absolute atomic E-state index is 11.6. The lowest BCUT2D eigenvalue weighted by atomic mass is 10.1. The van der Waals surface area contributed by atoms with Crippen molar-refractivity contribution >= 4 is 23.5 Å². The number of anilines is 1. The van der Waals surface area contributed by atoms with E-state index < -0.39 is 5.97 Å². The fraction of sp³-hybridized carbons (Fsp3) is 0.438. The van der Waals surface area contributed by atoms with Crippen LogP contribution in [-0.4, -0.2) is 22.9 Å². The Bertz CT molecular complexity index is 492. The first-order valence-electron chi connectivity index (χ1n) is 7.24. The van der Waals surface area contributed by atoms with Crippen molar-refractivity contribution in [3.63, 3.8) is 0 Å². The van der Waals surface area contributed by atoms with E-state index in [-0.39, 0.29) is 31.1 Å². The number of hydrogen-bond acceptors (Lipinski definition) is 3. The third-order valence-corrected chi connectivity index (χ3v) is 3.10. The van der Waals surface area contributed by atoms with Crippen LogP contribution in [0.15, 0.2) is 24.3 Å². The first-order valence-corrected chi connectivity index (χ1v) is 7.24. The molecule has 1 aromatic rings. The number of hydrogen-bond donors (Lipinski definition) is 1. The van der Waals surface area contributed by atoms with Gasteiger partial charge in [-0.2, -0.15) is 0 Å². The van der Waals surface area contributed by atoms with Crippen LogP contribution in [-0.2, 0) is 20.8 Å². The summed E-state index contributed by atoms with van der Waals surface area (Å²) in [6, 6.07) is 7.13. The minimum absolute atomic E-state index is 0.144. The van der Waals surface area contributed by atoms with Crippen molar-refractivity contribution in [2.75, 3.05) is 4.90 Å². The van der Waals surface area contributed by atoms with Crippen molar-refractivity contribution in [1.82, 2.24) is 0 Å². The number of carboxylic acid groups (broad SMARTS) is 1. The van der Waals surface area contributed by atoms with Crippen LogP contribution in [0.25, 0.3) is 0 Å². The average molecular weight is 291 g/mol. The van der Waals surface area contributed by atoms with Crippen LogP contribution < -0.4 is 4.90 Å². The summed E-state index contributed by atoms with van der Waals surface area (Å²) in [6.07, 6.45) is 1.95. The highest BCUT2D eigenvalue weighted by molar-refractivity contribution is 6.19. The van der Waals surface area contributed by atoms with Crippen molar-refractivity contribution < 1.29 is 19.5 Å². The zero-order valence-corrected chi connectivity index (χ0v) is 12.5. The molecule has 1 aliphatic rings. The quantitative estimate of drug-likeness (QED) is 0.846. The largest absolute Gasteiger partial charge is 0.481 e. The Kier molecular flexibility index (Phi) is 6.59. The van der Waals surface area contributed by atoms with Crippen LogP contribution in [0.3, 0.4) is 0 Å². The SMILES string of the molecule is CC.O=C(O)CCCc1ccc(N2C(=O)CCC2=O)cc1. The van der Waals surface area contributed by atoms with Gasteiger partial charge in [0.1, 0.15) is 0 Å². The molecule has 1 aromatic carbocycles. The van der Waals surface area contributed by atoms with E-state index in [4.69, 9.17) is 5.11 Å². The lowest BCUT2D eigenvalue weighted by molar-refractivity contribution is -0.137. The molecule has 0 unspecified atom stereocenters. The molecule has 1 aliphatic heterocycles. The predicted octanol–water partition coefficient (Wildman–Crippen LogP) is 2.77. The Morgan fingerprint density at radius 3 is 2.10 bits per heavy atom. The van der Waals surface area contributed by atoms with Crippen LogP contribution >= 0.6 is 0 Å². The normalized spacial score (nSPS) is 13.9. The molecule has 2 amide bonds. The minimum Gasteiger partial charge on any atom is -0.481 e. The van der Waals surface area contributed by atoms with E-state index in [2.05, 4.69) is 0 Å². The second kappa shape index (κ2) is 8.19. The average Bonchev–Trinajstić information content (AvgIpc) is 2.81. The molecule has 1 fully saturated rings. The van der Waals surface area contributed by atoms with Gasteiger partial charge >= 0.3 is 5.97 Å². The molecule has 0 aliphatic carbocycles. The molecule has 0 bridgehead atoms. The van der Waals surface area contributed by atoms with Gasteiger partial charge in [-0.05, 0) is 30.5 Å². The van der Waals surface area contributed by atoms with Crippen LogP contribution in [0, 0.1) is 0 Å². The first kappa shape index (κ1) is 16.9. The Labute approximate surface area is 124 Å². The molecule has 114 valence electrons. The molecular weight excluding hydrogens is 270 g/mol. The number of aliphatic carboxylic acids is 1. The molecule has 21 heavy (non-hydrogen) atoms. The van der Waals surface area contributed by atoms with Crippen LogP contribution in [0.4, 0.5) is 5.69 Å². The smallest absolute Gasteiger partial charge is 0.303 e. The molecule has 2 rings (SSSR count). The Morgan fingerprint density at radius 2 is 1.62 bits per heavy atom. The van der Waals surface area contributed by atoms with Crippen LogP contribution in [0.1, 0.15) is 45.1 Å². The van der Waals surface area contributed by atoms with E-state index in [0.717, 1.165) is 5.56 Å². The summed E-state index contributed by atoms with van der Waals surface area (Å²) in [7, 11) is 0. The highest BCUT2D eigenvalue weighted by Crippen LogP contribution is 2.23. The number of carbonyl (C=O) groups excluding carboxylic acids is 2. The second-order valence-electron chi connectivity index (χ2n) is 4.54. The standard InChI is InChI=1S/C14H15NO4.C2H6/c16-12-8-9-13(17)15(12)11-6-4-10(5-7-11)2-1-3-14(18)19;1-2/h4-7H,1-3,8-9H2,(H,18,19);1-2H3. The molecule has 5 heteroatoms. The molecule has 5 nitrogen and oxygen atoms in total. The number of nitrogens with zero attached hydrogens (tertiary/aromatic N) is 1. The molecule has 0 aromatic heterocycles. The number of rotatable bonds is 5. The van der Waals surface area contributed by atoms with E-state index in [1.54, 1.807) is 12.1 Å². The highest BCUT2D eigenvalue weighted by Gasteiger charge is 2.29. The molecule has 0 radical (unpaired) electrons. The molecular formula is C16H21NO4. The van der Waals surface area contributed by atoms with E-state index in [1.807, 2.05) is 26.0 Å². The fourth-order valence-corrected chi connectivity index (χ4v) is 2.12. The zero-order valence-electron chi connectivity index (χ0n) is 12.5. The number of aryl methyl sites for hydroxylation is 1. The topological polar surface area (TPSA) is 74.7 Å². The molecule has 0 saturated carbocycles. The van der Waals surface area contributed by atoms with Gasteiger partial charge < -0.3 is 5.11 Å². The van der Waals surface area contributed by atoms with Crippen LogP contribution in [0.5, 0.6) is 0 Å². The van der Waals surface area contributed by atoms with Gasteiger partial charge in [0.05, 0.1) is 5.69 Å². The van der Waals surface area contributed by atoms with Gasteiger partial charge in [0.25, 0.3) is 0 Å². The number of carbonyl (C=O) groups is 3. The van der Waals surface area contributed by atoms with Crippen molar-refractivity contribution in [2.24, 2.45) is 0 Å². The lowest BCUT2D eigenvalue weighted by Gasteiger charge is -2.14. The molecule has 1 N–H and O–H groups in total. The van der Waals surface area contributed by atoms with Crippen molar-refractivity contribution in [2.45, 2.75) is 46.0 Å². The van der Waals surface area contributed by atoms with Crippen LogP contribution in [0.2, 0.25) is 0 Å². The van der Waals surface area contributed by atoms with Crippen molar-refractivity contribution in [3.8, 4) is 0 Å². The highest BCUT2D eigenvalue weighted by atomic mass is 16.4. The third-order valence-electron chi connectivity index (χ3n) is 3.10. The molecule has 0 spiro atoms. The van der Waals surface area contributed by atoms with E-state index in [1.165, 1.54) is 4.90 Å².